The molecule has 20 nitrogen and oxygen atoms in total. The van der Waals surface area contributed by atoms with Gasteiger partial charge in [0.1, 0.15) is 17.4 Å². The number of hydrazone groups is 1. The van der Waals surface area contributed by atoms with Crippen LogP contribution in [0.5, 0.6) is 11.5 Å². The third-order valence-electron chi connectivity index (χ3n) is 17.6. The van der Waals surface area contributed by atoms with Crippen LogP contribution in [0.15, 0.2) is 188 Å². The summed E-state index contributed by atoms with van der Waals surface area (Å²) in [6.07, 6.45) is 21.0. The van der Waals surface area contributed by atoms with E-state index in [9.17, 15) is 34.2 Å². The van der Waals surface area contributed by atoms with Crippen LogP contribution in [-0.2, 0) is 76.9 Å². The van der Waals surface area contributed by atoms with Crippen LogP contribution in [-0.4, -0.2) is 159 Å². The predicted octanol–water partition coefficient (Wildman–Crippen LogP) is 7.99. The molecule has 0 spiro atoms. The van der Waals surface area contributed by atoms with Crippen LogP contribution in [0, 0.1) is 23.7 Å². The summed E-state index contributed by atoms with van der Waals surface area (Å²) in [7, 11) is 0. The van der Waals surface area contributed by atoms with Gasteiger partial charge in [-0.05, 0) is 225 Å². The van der Waals surface area contributed by atoms with E-state index in [4.69, 9.17) is 32.2 Å². The number of carbonyl (C=O) groups is 6. The van der Waals surface area contributed by atoms with Crippen molar-refractivity contribution in [2.75, 3.05) is 91.1 Å². The Morgan fingerprint density at radius 2 is 0.894 bits per heavy atom. The number of benzene rings is 6. The molecule has 0 radical (unpaired) electrons. The van der Waals surface area contributed by atoms with Crippen molar-refractivity contribution < 1.29 is 88.2 Å². The number of likely N-dealkylation sites (tertiary alicyclic amines) is 3. The number of alkyl halides is 1. The van der Waals surface area contributed by atoms with Crippen LogP contribution in [0.2, 0.25) is 0 Å². The summed E-state index contributed by atoms with van der Waals surface area (Å²) in [4.78, 5) is 73.0. The van der Waals surface area contributed by atoms with Crippen LogP contribution < -0.4 is 56.8 Å². The Balaban J connectivity index is 0.000000436. The number of ether oxygens (including phenoxy) is 2. The maximum atomic E-state index is 12.2. The molecular formula is C82H112ClN8NaO12. The van der Waals surface area contributed by atoms with E-state index in [1.54, 1.807) is 43.3 Å². The van der Waals surface area contributed by atoms with E-state index >= 15 is 0 Å². The van der Waals surface area contributed by atoms with Gasteiger partial charge in [0.05, 0.1) is 44.6 Å². The van der Waals surface area contributed by atoms with Crippen molar-refractivity contribution in [2.24, 2.45) is 34.6 Å². The van der Waals surface area contributed by atoms with Crippen LogP contribution >= 0.6 is 11.6 Å². The fourth-order valence-corrected chi connectivity index (χ4v) is 12.3. The first kappa shape index (κ1) is 92.2. The van der Waals surface area contributed by atoms with Gasteiger partial charge in [0.2, 0.25) is 5.91 Å². The summed E-state index contributed by atoms with van der Waals surface area (Å²) in [5.41, 5.74) is 12.9. The van der Waals surface area contributed by atoms with Crippen molar-refractivity contribution in [3.63, 3.8) is 0 Å². The number of rotatable bonds is 25. The van der Waals surface area contributed by atoms with Gasteiger partial charge < -0.3 is 35.1 Å². The van der Waals surface area contributed by atoms with Crippen LogP contribution in [0.3, 0.4) is 0 Å². The van der Waals surface area contributed by atoms with Crippen LogP contribution in [0.25, 0.3) is 0 Å². The first-order valence-corrected chi connectivity index (χ1v) is 35.9. The van der Waals surface area contributed by atoms with Crippen molar-refractivity contribution >= 4 is 54.3 Å². The molecule has 4 aliphatic heterocycles. The Morgan fingerprint density at radius 1 is 0.548 bits per heavy atom. The summed E-state index contributed by atoms with van der Waals surface area (Å²) in [6, 6.07) is 53.2. The minimum absolute atomic E-state index is 0. The third kappa shape index (κ3) is 39.9. The zero-order valence-electron chi connectivity index (χ0n) is 60.6. The van der Waals surface area contributed by atoms with E-state index in [1.165, 1.54) is 73.7 Å². The number of phenolic OH excluding ortho intramolecular Hbond substituents is 2. The normalized spacial score (nSPS) is 14.7. The zero-order chi connectivity index (χ0) is 73.8. The minimum Gasteiger partial charge on any atom is -0.662 e. The molecule has 6 aromatic rings. The molecule has 0 aliphatic carbocycles. The van der Waals surface area contributed by atoms with Gasteiger partial charge in [-0.1, -0.05) is 165 Å². The van der Waals surface area contributed by atoms with Gasteiger partial charge in [0, 0.05) is 5.56 Å². The SMILES string of the molecule is C.C=CCc1cccc(/C=N/NC(=O)CN2CCC(Cc3ccccc3)CC2)c1O.C=CCc1cccc(C=O)c1O.CCOC(=O)CCl.CCOC(=O)CN1CCC(Cc2ccccc2)CC1.NNC(=O)CN1CCC(Cc2ccccc2)CC1.O=CO[O-].[Na+].c1ccc(CC2CCNCC2)cc1. The second-order valence-corrected chi connectivity index (χ2v) is 25.5. The second kappa shape index (κ2) is 57.5. The number of piperidine rings is 4. The van der Waals surface area contributed by atoms with Crippen molar-refractivity contribution in [2.45, 2.75) is 111 Å². The smallest absolute Gasteiger partial charge is 0.662 e. The Hall–Kier alpha value is -7.86. The molecule has 6 aromatic carbocycles. The zero-order valence-corrected chi connectivity index (χ0v) is 63.4. The summed E-state index contributed by atoms with van der Waals surface area (Å²) < 4.78 is 9.41. The number of hydrogen-bond donors (Lipinski definition) is 6. The number of aromatic hydroxyl groups is 2. The Labute approximate surface area is 645 Å². The molecule has 0 saturated carbocycles. The molecule has 4 saturated heterocycles. The Morgan fingerprint density at radius 3 is 1.23 bits per heavy atom. The molecule has 560 valence electrons. The number of nitrogens with zero attached hydrogens (tertiary/aromatic N) is 4. The number of allylic oxidation sites excluding steroid dienone is 2. The first-order valence-electron chi connectivity index (χ1n) is 35.4. The summed E-state index contributed by atoms with van der Waals surface area (Å²) in [5.74, 6) is 7.67. The molecular weight excluding hydrogens is 1350 g/mol. The maximum Gasteiger partial charge on any atom is 1.00 e. The quantitative estimate of drug-likeness (QED) is 0.00303. The monoisotopic (exact) mass is 1460 g/mol. The number of hydrogen-bond acceptors (Lipinski definition) is 18. The molecule has 0 unspecified atom stereocenters. The van der Waals surface area contributed by atoms with E-state index in [0.29, 0.717) is 69.0 Å². The Kier molecular flexibility index (Phi) is 50.9. The van der Waals surface area contributed by atoms with Gasteiger partial charge in [-0.2, -0.15) is 5.10 Å². The maximum absolute atomic E-state index is 12.2. The predicted molar refractivity (Wildman–Crippen MR) is 409 cm³/mol. The van der Waals surface area contributed by atoms with Crippen molar-refractivity contribution in [3.8, 4) is 11.5 Å². The summed E-state index contributed by atoms with van der Waals surface area (Å²) in [6.45, 7) is 21.0. The number of carbonyl (C=O) groups excluding carboxylic acids is 6. The molecule has 4 aliphatic rings. The van der Waals surface area contributed by atoms with E-state index in [1.807, 2.05) is 25.1 Å². The number of nitrogens with one attached hydrogen (secondary N) is 3. The first-order chi connectivity index (χ1) is 49.7. The average Bonchev–Trinajstić information content (AvgIpc) is 0.885. The number of para-hydroxylation sites is 2. The van der Waals surface area contributed by atoms with Crippen LogP contribution in [0.1, 0.15) is 122 Å². The minimum atomic E-state index is -0.357. The second-order valence-electron chi connectivity index (χ2n) is 25.2. The van der Waals surface area contributed by atoms with Crippen molar-refractivity contribution in [1.82, 2.24) is 30.9 Å². The molecule has 4 heterocycles. The van der Waals surface area contributed by atoms with E-state index < -0.39 is 0 Å². The molecule has 4 fully saturated rings. The third-order valence-corrected chi connectivity index (χ3v) is 17.8. The molecule has 22 heteroatoms. The number of aldehydes is 1. The fraction of sp³-hybridized carbons (Fsp3) is 0.427. The molecule has 0 bridgehead atoms. The number of amides is 2. The molecule has 0 aromatic heterocycles. The topological polar surface area (TPSA) is 278 Å². The van der Waals surface area contributed by atoms with Crippen molar-refractivity contribution in [3.05, 3.63) is 228 Å². The molecule has 104 heavy (non-hydrogen) atoms. The van der Waals surface area contributed by atoms with E-state index in [0.717, 1.165) is 113 Å². The van der Waals surface area contributed by atoms with Gasteiger partial charge in [-0.15, -0.1) is 24.8 Å². The van der Waals surface area contributed by atoms with Crippen LogP contribution in [0.4, 0.5) is 0 Å². The molecule has 2 amide bonds. The average molecular weight is 1460 g/mol. The molecule has 10 rings (SSSR count). The standard InChI is InChI=1S/C24H29N3O2.C16H23NO2.C14H21N3O.C12H17N.C10H10O2.C4H7ClO2.CH2O3.CH4.Na/c1-2-7-21-10-6-11-22(24(21)29)17-25-26-23(28)18-27-14-12-20(13-15-27)16-19-8-4-3-5-9-19;1-2-19-16(18)13-17-10-8-15(9-11-17)12-14-6-4-3-5-7-14;15-16-14(18)11-17-8-6-13(7-9-17)10-12-4-2-1-3-5-12;1-2-4-11(5-3-1)10-12-6-8-13-9-7-12;1-2-4-8-5-3-6-9(7-11)10(8)12;1-2-7-4(6)3-5;2-1-4-3;;/h2-6,8-11,17,20,29H,1,7,12-16,18H2,(H,26,28);3-7,15H,2,8-13H2,1H3;1-5,13H,6-11,15H2,(H,16,18);1-5,12-13H,6-10H2;2-3,5-7,12H,1,4H2;2-3H2,1H3;1,3H;1H4;/q;;;;;;;;+1/p-1/b25-17+;;;;;;;;. The number of esters is 2. The van der Waals surface area contributed by atoms with Gasteiger partial charge in [0.25, 0.3) is 12.4 Å². The molecule has 0 atom stereocenters. The fourth-order valence-electron chi connectivity index (χ4n) is 12.2. The number of phenols is 2. The summed E-state index contributed by atoms with van der Waals surface area (Å²) >= 11 is 5.06. The Bertz CT molecular complexity index is 3330. The van der Waals surface area contributed by atoms with Gasteiger partial charge in [-0.3, -0.25) is 48.9 Å². The van der Waals surface area contributed by atoms with Crippen molar-refractivity contribution in [1.29, 1.82) is 0 Å². The van der Waals surface area contributed by atoms with Gasteiger partial charge in [0.15, 0.2) is 6.29 Å². The van der Waals surface area contributed by atoms with E-state index in [2.05, 4.69) is 174 Å². The van der Waals surface area contributed by atoms with Gasteiger partial charge >= 0.3 is 41.5 Å². The molecule has 7 N–H and O–H groups in total. The number of halogens is 1. The van der Waals surface area contributed by atoms with E-state index in [-0.39, 0.29) is 84.6 Å². The largest absolute Gasteiger partial charge is 1.00 e. The van der Waals surface area contributed by atoms with Gasteiger partial charge in [-0.25, -0.2) is 11.3 Å². The number of hydrazine groups is 1. The number of nitrogens with two attached hydrogens (primary N) is 1. The summed E-state index contributed by atoms with van der Waals surface area (Å²) in [5, 5.41) is 35.5.